The molecule has 1 saturated heterocycles. The van der Waals surface area contributed by atoms with E-state index in [1.807, 2.05) is 0 Å². The van der Waals surface area contributed by atoms with Gasteiger partial charge in [0.15, 0.2) is 5.71 Å². The number of nitrogens with zero attached hydrogens (tertiary/aromatic N) is 4. The van der Waals surface area contributed by atoms with E-state index in [0.29, 0.717) is 29.6 Å². The molecule has 0 aliphatic carbocycles. The van der Waals surface area contributed by atoms with Crippen molar-refractivity contribution in [2.75, 3.05) is 39.5 Å². The number of H-pyrrole nitrogens is 1. The number of aromatic nitrogens is 3. The van der Waals surface area contributed by atoms with Crippen LogP contribution < -0.4 is 4.74 Å². The summed E-state index contributed by atoms with van der Waals surface area (Å²) >= 11 is 5.90. The molecule has 1 fully saturated rings. The van der Waals surface area contributed by atoms with E-state index in [1.165, 1.54) is 12.4 Å². The van der Waals surface area contributed by atoms with E-state index in [2.05, 4.69) is 20.3 Å². The van der Waals surface area contributed by atoms with Crippen LogP contribution in [0.1, 0.15) is 12.6 Å². The Bertz CT molecular complexity index is 907. The van der Waals surface area contributed by atoms with Gasteiger partial charge < -0.3 is 23.9 Å². The number of nitrogens with one attached hydrogen (secondary N) is 1. The molecule has 0 radical (unpaired) electrons. The summed E-state index contributed by atoms with van der Waals surface area (Å²) in [7, 11) is 0. The van der Waals surface area contributed by atoms with E-state index in [4.69, 9.17) is 30.6 Å². The lowest BCUT2D eigenvalue weighted by Gasteiger charge is -2.32. The second kappa shape index (κ2) is 11.3. The molecule has 1 atom stereocenters. The number of carbonyl (C=O) groups is 2. The third kappa shape index (κ3) is 6.66. The summed E-state index contributed by atoms with van der Waals surface area (Å²) < 4.78 is 16.1. The lowest BCUT2D eigenvalue weighted by Crippen LogP contribution is -2.50. The normalized spacial score (nSPS) is 16.6. The van der Waals surface area contributed by atoms with Crippen molar-refractivity contribution in [2.24, 2.45) is 5.16 Å². The third-order valence-electron chi connectivity index (χ3n) is 4.14. The number of oxime groups is 1. The van der Waals surface area contributed by atoms with E-state index < -0.39 is 18.5 Å². The fourth-order valence-corrected chi connectivity index (χ4v) is 2.92. The highest BCUT2D eigenvalue weighted by Crippen LogP contribution is 2.16. The van der Waals surface area contributed by atoms with Gasteiger partial charge in [0.05, 0.1) is 36.7 Å². The molecule has 166 valence electrons. The molecule has 3 rings (SSSR count). The minimum Gasteiger partial charge on any atom is -0.489 e. The highest BCUT2D eigenvalue weighted by Gasteiger charge is 2.29. The molecule has 1 unspecified atom stereocenters. The lowest BCUT2D eigenvalue weighted by atomic mass is 10.2. The van der Waals surface area contributed by atoms with Gasteiger partial charge in [-0.1, -0.05) is 16.8 Å². The maximum atomic E-state index is 13.1. The molecule has 12 heteroatoms. The molecule has 1 amide bonds. The van der Waals surface area contributed by atoms with Crippen LogP contribution in [0, 0.1) is 0 Å². The van der Waals surface area contributed by atoms with Crippen molar-refractivity contribution in [3.63, 3.8) is 0 Å². The van der Waals surface area contributed by atoms with Gasteiger partial charge in [0, 0.05) is 25.0 Å². The Hall–Kier alpha value is -3.18. The Kier molecular flexibility index (Phi) is 8.19. The molecule has 1 aliphatic rings. The first kappa shape index (κ1) is 22.5. The number of esters is 1. The highest BCUT2D eigenvalue weighted by molar-refractivity contribution is 6.44. The number of amides is 1. The van der Waals surface area contributed by atoms with Gasteiger partial charge in [-0.05, 0) is 13.0 Å². The smallest absolute Gasteiger partial charge is 0.347 e. The summed E-state index contributed by atoms with van der Waals surface area (Å²) in [6, 6.07) is 3.22. The third-order valence-corrected chi connectivity index (χ3v) is 4.35. The van der Waals surface area contributed by atoms with Crippen molar-refractivity contribution in [1.82, 2.24) is 20.1 Å². The summed E-state index contributed by atoms with van der Waals surface area (Å²) in [6.07, 6.45) is 4.17. The van der Waals surface area contributed by atoms with Crippen LogP contribution in [0.4, 0.5) is 0 Å². The predicted octanol–water partition coefficient (Wildman–Crippen LogP) is 1.05. The molecule has 0 aromatic carbocycles. The van der Waals surface area contributed by atoms with Crippen molar-refractivity contribution in [2.45, 2.75) is 13.0 Å². The fraction of sp³-hybridized carbons (Fsp3) is 0.421. The summed E-state index contributed by atoms with van der Waals surface area (Å²) in [5.74, 6) is -0.473. The average molecular weight is 452 g/mol. The Morgan fingerprint density at radius 2 is 2.29 bits per heavy atom. The van der Waals surface area contributed by atoms with E-state index in [1.54, 1.807) is 30.2 Å². The molecule has 3 heterocycles. The molecule has 0 bridgehead atoms. The average Bonchev–Trinajstić information content (AvgIpc) is 3.30. The molecular weight excluding hydrogens is 430 g/mol. The van der Waals surface area contributed by atoms with Crippen LogP contribution in [-0.2, 0) is 23.9 Å². The Morgan fingerprint density at radius 1 is 1.42 bits per heavy atom. The first-order valence-corrected chi connectivity index (χ1v) is 9.94. The van der Waals surface area contributed by atoms with Crippen LogP contribution in [0.3, 0.4) is 0 Å². The number of ether oxygens (including phenoxy) is 3. The summed E-state index contributed by atoms with van der Waals surface area (Å²) in [6.45, 7) is 2.67. The number of aromatic amines is 1. The van der Waals surface area contributed by atoms with E-state index in [-0.39, 0.29) is 31.6 Å². The number of pyridine rings is 1. The number of halogens is 1. The van der Waals surface area contributed by atoms with Crippen LogP contribution in [0.25, 0.3) is 0 Å². The molecule has 1 aliphatic heterocycles. The molecule has 11 nitrogen and oxygen atoms in total. The van der Waals surface area contributed by atoms with E-state index >= 15 is 0 Å². The van der Waals surface area contributed by atoms with Gasteiger partial charge in [0.25, 0.3) is 5.91 Å². The molecule has 0 spiro atoms. The number of hydrogen-bond acceptors (Lipinski definition) is 9. The van der Waals surface area contributed by atoms with Gasteiger partial charge in [0.2, 0.25) is 6.61 Å². The highest BCUT2D eigenvalue weighted by atomic mass is 35.5. The summed E-state index contributed by atoms with van der Waals surface area (Å²) in [5, 5.41) is 10.8. The number of morpholine rings is 1. The monoisotopic (exact) mass is 451 g/mol. The maximum Gasteiger partial charge on any atom is 0.347 e. The van der Waals surface area contributed by atoms with Gasteiger partial charge in [-0.15, -0.1) is 0 Å². The van der Waals surface area contributed by atoms with Crippen LogP contribution in [0.2, 0.25) is 5.02 Å². The van der Waals surface area contributed by atoms with Crippen LogP contribution in [0.15, 0.2) is 35.9 Å². The lowest BCUT2D eigenvalue weighted by molar-refractivity contribution is -0.148. The van der Waals surface area contributed by atoms with Gasteiger partial charge >= 0.3 is 5.97 Å². The predicted molar refractivity (Wildman–Crippen MR) is 109 cm³/mol. The standard InChI is InChI=1S/C19H22ClN5O6/c1-2-28-17(26)12-31-24-18(16-3-4-22-23-16)19(27)25-5-6-29-15(10-25)11-30-14-7-13(20)8-21-9-14/h3-4,7-9,15H,2,5-6,10-12H2,1H3,(H,22,23)/b24-18+. The number of rotatable bonds is 9. The molecule has 1 N–H and O–H groups in total. The Balaban J connectivity index is 1.62. The van der Waals surface area contributed by atoms with E-state index in [9.17, 15) is 9.59 Å². The first-order chi connectivity index (χ1) is 15.1. The number of hydrogen-bond donors (Lipinski definition) is 1. The fourth-order valence-electron chi connectivity index (χ4n) is 2.76. The number of carbonyl (C=O) groups excluding carboxylic acids is 2. The van der Waals surface area contributed by atoms with Gasteiger partial charge in [-0.3, -0.25) is 14.9 Å². The van der Waals surface area contributed by atoms with Crippen molar-refractivity contribution in [3.8, 4) is 5.75 Å². The van der Waals surface area contributed by atoms with Gasteiger partial charge in [-0.25, -0.2) is 4.79 Å². The maximum absolute atomic E-state index is 13.1. The van der Waals surface area contributed by atoms with Crippen molar-refractivity contribution in [3.05, 3.63) is 41.4 Å². The first-order valence-electron chi connectivity index (χ1n) is 9.56. The molecular formula is C19H22ClN5O6. The zero-order valence-electron chi connectivity index (χ0n) is 16.8. The molecule has 2 aromatic heterocycles. The van der Waals surface area contributed by atoms with E-state index in [0.717, 1.165) is 0 Å². The van der Waals surface area contributed by atoms with Gasteiger partial charge in [0.1, 0.15) is 18.5 Å². The van der Waals surface area contributed by atoms with Gasteiger partial charge in [-0.2, -0.15) is 5.10 Å². The summed E-state index contributed by atoms with van der Waals surface area (Å²) in [4.78, 5) is 35.1. The Labute approximate surface area is 183 Å². The second-order valence-corrected chi connectivity index (χ2v) is 6.82. The minimum atomic E-state index is -0.582. The molecule has 2 aromatic rings. The largest absolute Gasteiger partial charge is 0.489 e. The SMILES string of the molecule is CCOC(=O)CO/N=C(/C(=O)N1CCOC(COc2cncc(Cl)c2)C1)c1ccn[nH]1. The second-order valence-electron chi connectivity index (χ2n) is 6.38. The van der Waals surface area contributed by atoms with Crippen molar-refractivity contribution >= 4 is 29.2 Å². The molecule has 31 heavy (non-hydrogen) atoms. The van der Waals surface area contributed by atoms with Crippen molar-refractivity contribution < 1.29 is 28.6 Å². The summed E-state index contributed by atoms with van der Waals surface area (Å²) in [5.41, 5.74) is 0.348. The van der Waals surface area contributed by atoms with Crippen molar-refractivity contribution in [1.29, 1.82) is 0 Å². The zero-order chi connectivity index (χ0) is 22.1. The quantitative estimate of drug-likeness (QED) is 0.340. The van der Waals surface area contributed by atoms with Crippen LogP contribution in [-0.4, -0.2) is 83.3 Å². The zero-order valence-corrected chi connectivity index (χ0v) is 17.6. The van der Waals surface area contributed by atoms with Crippen LogP contribution in [0.5, 0.6) is 5.75 Å². The topological polar surface area (TPSA) is 128 Å². The Morgan fingerprint density at radius 3 is 3.03 bits per heavy atom. The molecule has 0 saturated carbocycles. The minimum absolute atomic E-state index is 0.0117. The van der Waals surface area contributed by atoms with Crippen LogP contribution >= 0.6 is 11.6 Å².